The number of hydrogen-bond acceptors (Lipinski definition) is 4. The molecule has 0 aromatic heterocycles. The van der Waals surface area contributed by atoms with Gasteiger partial charge < -0.3 is 19.7 Å². The number of ether oxygens (including phenoxy) is 2. The Morgan fingerprint density at radius 3 is 2.74 bits per heavy atom. The highest BCUT2D eigenvalue weighted by Crippen LogP contribution is 2.25. The number of nitrogens with zero attached hydrogens (tertiary/aromatic N) is 1. The first kappa shape index (κ1) is 17.6. The average Bonchev–Trinajstić information content (AvgIpc) is 2.46. The third-order valence-electron chi connectivity index (χ3n) is 3.75. The molecule has 1 aromatic rings. The first-order valence-electron chi connectivity index (χ1n) is 8.25. The number of rotatable bonds is 3. The molecule has 1 unspecified atom stereocenters. The summed E-state index contributed by atoms with van der Waals surface area (Å²) in [7, 11) is 0. The summed E-state index contributed by atoms with van der Waals surface area (Å²) in [5, 5.41) is 3.49. The van der Waals surface area contributed by atoms with Crippen molar-refractivity contribution >= 4 is 6.09 Å². The maximum atomic E-state index is 12.3. The monoisotopic (exact) mass is 320 g/mol. The minimum absolute atomic E-state index is 0.118. The lowest BCUT2D eigenvalue weighted by Crippen LogP contribution is -2.49. The van der Waals surface area contributed by atoms with Gasteiger partial charge in [0.2, 0.25) is 0 Å². The zero-order valence-electron chi connectivity index (χ0n) is 14.8. The highest BCUT2D eigenvalue weighted by molar-refractivity contribution is 5.68. The fourth-order valence-electron chi connectivity index (χ4n) is 2.75. The largest absolute Gasteiger partial charge is 0.494 e. The van der Waals surface area contributed by atoms with E-state index in [1.165, 1.54) is 11.1 Å². The average molecular weight is 320 g/mol. The molecule has 1 aliphatic heterocycles. The quantitative estimate of drug-likeness (QED) is 0.928. The minimum Gasteiger partial charge on any atom is -0.494 e. The molecule has 1 aliphatic rings. The van der Waals surface area contributed by atoms with E-state index in [0.717, 1.165) is 12.3 Å². The molecule has 1 amide bonds. The van der Waals surface area contributed by atoms with E-state index >= 15 is 0 Å². The van der Waals surface area contributed by atoms with Crippen LogP contribution in [-0.2, 0) is 4.74 Å². The van der Waals surface area contributed by atoms with E-state index in [1.807, 2.05) is 39.8 Å². The molecule has 1 atom stereocenters. The number of piperazine rings is 1. The molecule has 128 valence electrons. The number of hydrogen-bond donors (Lipinski definition) is 1. The molecule has 2 rings (SSSR count). The first-order valence-corrected chi connectivity index (χ1v) is 8.25. The number of benzene rings is 1. The number of carbonyl (C=O) groups is 1. The fourth-order valence-corrected chi connectivity index (χ4v) is 2.75. The number of aryl methyl sites for hydroxylation is 1. The third-order valence-corrected chi connectivity index (χ3v) is 3.75. The Morgan fingerprint density at radius 2 is 2.13 bits per heavy atom. The van der Waals surface area contributed by atoms with Crippen LogP contribution in [0.2, 0.25) is 0 Å². The van der Waals surface area contributed by atoms with Crippen LogP contribution in [0.1, 0.15) is 44.9 Å². The summed E-state index contributed by atoms with van der Waals surface area (Å²) in [4.78, 5) is 14.1. The lowest BCUT2D eigenvalue weighted by molar-refractivity contribution is 0.0195. The number of carbonyl (C=O) groups excluding carboxylic acids is 1. The van der Waals surface area contributed by atoms with Gasteiger partial charge in [0.15, 0.2) is 0 Å². The summed E-state index contributed by atoms with van der Waals surface area (Å²) in [5.41, 5.74) is 1.90. The van der Waals surface area contributed by atoms with Crippen LogP contribution in [0.5, 0.6) is 5.75 Å². The van der Waals surface area contributed by atoms with Gasteiger partial charge in [-0.1, -0.05) is 6.07 Å². The summed E-state index contributed by atoms with van der Waals surface area (Å²) in [6, 6.07) is 6.23. The first-order chi connectivity index (χ1) is 10.8. The zero-order chi connectivity index (χ0) is 17.0. The van der Waals surface area contributed by atoms with E-state index in [-0.39, 0.29) is 12.1 Å². The number of nitrogens with one attached hydrogen (secondary N) is 1. The van der Waals surface area contributed by atoms with Crippen LogP contribution in [0.15, 0.2) is 18.2 Å². The van der Waals surface area contributed by atoms with Gasteiger partial charge in [-0.05, 0) is 57.9 Å². The maximum Gasteiger partial charge on any atom is 0.410 e. The molecular formula is C18H28N2O3. The topological polar surface area (TPSA) is 50.8 Å². The van der Waals surface area contributed by atoms with Crippen molar-refractivity contribution in [2.45, 2.75) is 46.3 Å². The van der Waals surface area contributed by atoms with Gasteiger partial charge in [0.1, 0.15) is 11.4 Å². The van der Waals surface area contributed by atoms with Crippen molar-refractivity contribution in [3.8, 4) is 5.75 Å². The van der Waals surface area contributed by atoms with Crippen LogP contribution in [-0.4, -0.2) is 42.8 Å². The van der Waals surface area contributed by atoms with Crippen molar-refractivity contribution in [2.75, 3.05) is 26.2 Å². The Hall–Kier alpha value is -1.75. The molecule has 0 bridgehead atoms. The predicted octanol–water partition coefficient (Wildman–Crippen LogP) is 3.28. The van der Waals surface area contributed by atoms with Gasteiger partial charge >= 0.3 is 6.09 Å². The van der Waals surface area contributed by atoms with Crippen LogP contribution in [0.4, 0.5) is 4.79 Å². The van der Waals surface area contributed by atoms with Crippen molar-refractivity contribution in [1.29, 1.82) is 0 Å². The standard InChI is InChI=1S/C18H28N2O3/c1-6-22-14-7-8-15(13(2)11-14)16-12-20(10-9-19-16)17(21)23-18(3,4)5/h7-8,11,16,19H,6,9-10,12H2,1-5H3. The molecule has 23 heavy (non-hydrogen) atoms. The van der Waals surface area contributed by atoms with Crippen molar-refractivity contribution in [2.24, 2.45) is 0 Å². The van der Waals surface area contributed by atoms with Crippen molar-refractivity contribution in [3.63, 3.8) is 0 Å². The maximum absolute atomic E-state index is 12.3. The summed E-state index contributed by atoms with van der Waals surface area (Å²) in [5.74, 6) is 0.883. The Labute approximate surface area is 139 Å². The molecule has 1 aromatic carbocycles. The third kappa shape index (κ3) is 4.86. The number of amides is 1. The van der Waals surface area contributed by atoms with Crippen LogP contribution in [0.3, 0.4) is 0 Å². The molecule has 1 fully saturated rings. The van der Waals surface area contributed by atoms with Crippen molar-refractivity contribution < 1.29 is 14.3 Å². The van der Waals surface area contributed by atoms with Crippen LogP contribution >= 0.6 is 0 Å². The van der Waals surface area contributed by atoms with Crippen LogP contribution in [0.25, 0.3) is 0 Å². The highest BCUT2D eigenvalue weighted by atomic mass is 16.6. The van der Waals surface area contributed by atoms with Crippen molar-refractivity contribution in [3.05, 3.63) is 29.3 Å². The minimum atomic E-state index is -0.466. The molecular weight excluding hydrogens is 292 g/mol. The van der Waals surface area contributed by atoms with Crippen LogP contribution in [0, 0.1) is 6.92 Å². The summed E-state index contributed by atoms with van der Waals surface area (Å²) >= 11 is 0. The second-order valence-corrected chi connectivity index (χ2v) is 6.88. The lowest BCUT2D eigenvalue weighted by Gasteiger charge is -2.35. The van der Waals surface area contributed by atoms with Gasteiger partial charge in [0.25, 0.3) is 0 Å². The molecule has 1 heterocycles. The summed E-state index contributed by atoms with van der Waals surface area (Å²) in [6.07, 6.45) is -0.243. The molecule has 1 N–H and O–H groups in total. The summed E-state index contributed by atoms with van der Waals surface area (Å²) < 4.78 is 11.0. The van der Waals surface area contributed by atoms with Gasteiger partial charge in [-0.2, -0.15) is 0 Å². The van der Waals surface area contributed by atoms with Crippen molar-refractivity contribution in [1.82, 2.24) is 10.2 Å². The van der Waals surface area contributed by atoms with E-state index in [0.29, 0.717) is 19.7 Å². The molecule has 5 nitrogen and oxygen atoms in total. The van der Waals surface area contributed by atoms with Gasteiger partial charge in [0.05, 0.1) is 12.6 Å². The zero-order valence-corrected chi connectivity index (χ0v) is 14.8. The van der Waals surface area contributed by atoms with Gasteiger partial charge in [-0.25, -0.2) is 4.79 Å². The molecule has 0 aliphatic carbocycles. The van der Waals surface area contributed by atoms with Crippen LogP contribution < -0.4 is 10.1 Å². The van der Waals surface area contributed by atoms with E-state index in [1.54, 1.807) is 4.90 Å². The van der Waals surface area contributed by atoms with Gasteiger partial charge in [0, 0.05) is 19.6 Å². The Morgan fingerprint density at radius 1 is 1.39 bits per heavy atom. The lowest BCUT2D eigenvalue weighted by atomic mass is 9.99. The molecule has 5 heteroatoms. The smallest absolute Gasteiger partial charge is 0.410 e. The van der Waals surface area contributed by atoms with E-state index < -0.39 is 5.60 Å². The van der Waals surface area contributed by atoms with Gasteiger partial charge in [-0.3, -0.25) is 0 Å². The Balaban J connectivity index is 2.07. The molecule has 0 spiro atoms. The van der Waals surface area contributed by atoms with E-state index in [2.05, 4.69) is 18.3 Å². The Bertz CT molecular complexity index is 552. The van der Waals surface area contributed by atoms with Gasteiger partial charge in [-0.15, -0.1) is 0 Å². The van der Waals surface area contributed by atoms with E-state index in [9.17, 15) is 4.79 Å². The second kappa shape index (κ2) is 7.21. The second-order valence-electron chi connectivity index (χ2n) is 6.88. The molecule has 0 radical (unpaired) electrons. The molecule has 0 saturated carbocycles. The normalized spacial score (nSPS) is 18.7. The Kier molecular flexibility index (Phi) is 5.52. The SMILES string of the molecule is CCOc1ccc(C2CN(C(=O)OC(C)(C)C)CCN2)c(C)c1. The molecule has 1 saturated heterocycles. The predicted molar refractivity (Wildman–Crippen MR) is 90.9 cm³/mol. The fraction of sp³-hybridized carbons (Fsp3) is 0.611. The van der Waals surface area contributed by atoms with E-state index in [4.69, 9.17) is 9.47 Å². The highest BCUT2D eigenvalue weighted by Gasteiger charge is 2.28. The summed E-state index contributed by atoms with van der Waals surface area (Å²) in [6.45, 7) is 12.4.